The van der Waals surface area contributed by atoms with Crippen LogP contribution in [0, 0.1) is 17.0 Å². The number of hydrogen-bond acceptors (Lipinski definition) is 5. The molecular weight excluding hydrogens is 498 g/mol. The van der Waals surface area contributed by atoms with Crippen LogP contribution >= 0.6 is 11.8 Å². The maximum atomic E-state index is 13.7. The SMILES string of the molecule is Cc1ccc(CN(C(=O)CSCc2ccc([N+](=O)[O-])cc2)[C@@H](Cc2ccccc2)C(=O)NC(C)(C)C)cc1. The molecule has 0 unspecified atom stereocenters. The summed E-state index contributed by atoms with van der Waals surface area (Å²) in [6.07, 6.45) is 0.396. The molecule has 3 aromatic carbocycles. The third-order valence-electron chi connectivity index (χ3n) is 5.88. The van der Waals surface area contributed by atoms with E-state index in [1.165, 1.54) is 23.9 Å². The van der Waals surface area contributed by atoms with E-state index in [0.717, 1.165) is 22.3 Å². The lowest BCUT2D eigenvalue weighted by molar-refractivity contribution is -0.384. The number of benzene rings is 3. The predicted molar refractivity (Wildman–Crippen MR) is 153 cm³/mol. The molecule has 0 fully saturated rings. The van der Waals surface area contributed by atoms with E-state index in [4.69, 9.17) is 0 Å². The highest BCUT2D eigenvalue weighted by Gasteiger charge is 2.32. The molecule has 0 aromatic heterocycles. The molecule has 0 aliphatic carbocycles. The fourth-order valence-corrected chi connectivity index (χ4v) is 4.82. The smallest absolute Gasteiger partial charge is 0.269 e. The second kappa shape index (κ2) is 13.2. The summed E-state index contributed by atoms with van der Waals surface area (Å²) in [5.41, 5.74) is 3.52. The first-order valence-corrected chi connectivity index (χ1v) is 13.7. The lowest BCUT2D eigenvalue weighted by Gasteiger charge is -2.34. The van der Waals surface area contributed by atoms with Crippen LogP contribution in [0.1, 0.15) is 43.0 Å². The number of carbonyl (C=O) groups is 2. The van der Waals surface area contributed by atoms with E-state index < -0.39 is 16.5 Å². The van der Waals surface area contributed by atoms with E-state index in [2.05, 4.69) is 5.32 Å². The number of nitrogens with one attached hydrogen (secondary N) is 1. The molecule has 0 aliphatic rings. The van der Waals surface area contributed by atoms with Crippen molar-refractivity contribution in [3.63, 3.8) is 0 Å². The topological polar surface area (TPSA) is 92.6 Å². The average molecular weight is 534 g/mol. The Kier molecular flexibility index (Phi) is 10.1. The van der Waals surface area contributed by atoms with Crippen molar-refractivity contribution in [3.05, 3.63) is 111 Å². The maximum Gasteiger partial charge on any atom is 0.269 e. The van der Waals surface area contributed by atoms with Gasteiger partial charge in [0.05, 0.1) is 10.7 Å². The summed E-state index contributed by atoms with van der Waals surface area (Å²) in [5.74, 6) is 0.376. The van der Waals surface area contributed by atoms with Crippen LogP contribution in [-0.4, -0.2) is 39.0 Å². The first-order valence-electron chi connectivity index (χ1n) is 12.5. The van der Waals surface area contributed by atoms with Crippen LogP contribution in [0.15, 0.2) is 78.9 Å². The molecule has 0 spiro atoms. The molecule has 0 saturated heterocycles. The summed E-state index contributed by atoms with van der Waals surface area (Å²) in [7, 11) is 0. The van der Waals surface area contributed by atoms with E-state index in [-0.39, 0.29) is 23.3 Å². The minimum atomic E-state index is -0.689. The van der Waals surface area contributed by atoms with Crippen molar-refractivity contribution in [2.75, 3.05) is 5.75 Å². The fraction of sp³-hybridized carbons (Fsp3) is 0.333. The van der Waals surface area contributed by atoms with Gasteiger partial charge in [0.1, 0.15) is 6.04 Å². The number of hydrogen-bond donors (Lipinski definition) is 1. The lowest BCUT2D eigenvalue weighted by atomic mass is 10.0. The van der Waals surface area contributed by atoms with E-state index in [1.54, 1.807) is 17.0 Å². The zero-order chi connectivity index (χ0) is 27.7. The van der Waals surface area contributed by atoms with Gasteiger partial charge in [-0.15, -0.1) is 11.8 Å². The van der Waals surface area contributed by atoms with Gasteiger partial charge in [-0.1, -0.05) is 72.3 Å². The highest BCUT2D eigenvalue weighted by atomic mass is 32.2. The molecule has 3 rings (SSSR count). The zero-order valence-corrected chi connectivity index (χ0v) is 23.2. The normalized spacial score (nSPS) is 12.0. The first-order chi connectivity index (χ1) is 18.0. The monoisotopic (exact) mass is 533 g/mol. The largest absolute Gasteiger partial charge is 0.350 e. The fourth-order valence-electron chi connectivity index (χ4n) is 3.95. The number of nitro benzene ring substituents is 1. The second-order valence-electron chi connectivity index (χ2n) is 10.4. The molecular formula is C30H35N3O4S. The molecule has 0 radical (unpaired) electrons. The molecule has 2 amide bonds. The van der Waals surface area contributed by atoms with E-state index in [1.807, 2.05) is 82.3 Å². The molecule has 1 atom stereocenters. The molecule has 0 heterocycles. The molecule has 3 aromatic rings. The number of non-ortho nitro benzene ring substituents is 1. The summed E-state index contributed by atoms with van der Waals surface area (Å²) >= 11 is 1.43. The molecule has 200 valence electrons. The zero-order valence-electron chi connectivity index (χ0n) is 22.3. The van der Waals surface area contributed by atoms with Gasteiger partial charge in [0.15, 0.2) is 0 Å². The molecule has 8 heteroatoms. The van der Waals surface area contributed by atoms with Crippen molar-refractivity contribution >= 4 is 29.3 Å². The number of thioether (sulfide) groups is 1. The van der Waals surface area contributed by atoms with Crippen molar-refractivity contribution in [1.82, 2.24) is 10.2 Å². The Morgan fingerprint density at radius 3 is 2.11 bits per heavy atom. The second-order valence-corrected chi connectivity index (χ2v) is 11.4. The van der Waals surface area contributed by atoms with Crippen molar-refractivity contribution in [1.29, 1.82) is 0 Å². The number of amides is 2. The van der Waals surface area contributed by atoms with Crippen molar-refractivity contribution in [2.24, 2.45) is 0 Å². The average Bonchev–Trinajstić information content (AvgIpc) is 2.87. The maximum absolute atomic E-state index is 13.7. The lowest BCUT2D eigenvalue weighted by Crippen LogP contribution is -2.54. The van der Waals surface area contributed by atoms with Gasteiger partial charge in [0, 0.05) is 36.4 Å². The number of aryl methyl sites for hydroxylation is 1. The molecule has 0 aliphatic heterocycles. The van der Waals surface area contributed by atoms with Crippen LogP contribution in [0.4, 0.5) is 5.69 Å². The van der Waals surface area contributed by atoms with Gasteiger partial charge in [-0.25, -0.2) is 0 Å². The molecule has 0 saturated carbocycles. The van der Waals surface area contributed by atoms with E-state index >= 15 is 0 Å². The molecule has 38 heavy (non-hydrogen) atoms. The van der Waals surface area contributed by atoms with Crippen LogP contribution in [-0.2, 0) is 28.3 Å². The predicted octanol–water partition coefficient (Wildman–Crippen LogP) is 5.69. The summed E-state index contributed by atoms with van der Waals surface area (Å²) in [4.78, 5) is 39.4. The van der Waals surface area contributed by atoms with E-state index in [0.29, 0.717) is 18.7 Å². The number of nitrogens with zero attached hydrogens (tertiary/aromatic N) is 2. The highest BCUT2D eigenvalue weighted by Crippen LogP contribution is 2.21. The third kappa shape index (κ3) is 9.03. The van der Waals surface area contributed by atoms with Gasteiger partial charge < -0.3 is 10.2 Å². The van der Waals surface area contributed by atoms with Gasteiger partial charge in [0.2, 0.25) is 11.8 Å². The quantitative estimate of drug-likeness (QED) is 0.252. The van der Waals surface area contributed by atoms with Gasteiger partial charge in [-0.05, 0) is 44.4 Å². The summed E-state index contributed by atoms with van der Waals surface area (Å²) in [5, 5.41) is 14.0. The minimum absolute atomic E-state index is 0.0349. The van der Waals surface area contributed by atoms with Gasteiger partial charge in [-0.3, -0.25) is 19.7 Å². The molecule has 0 bridgehead atoms. The Balaban J connectivity index is 1.83. The number of carbonyl (C=O) groups excluding carboxylic acids is 2. The Bertz CT molecular complexity index is 1220. The van der Waals surface area contributed by atoms with Crippen molar-refractivity contribution in [2.45, 2.75) is 58.0 Å². The van der Waals surface area contributed by atoms with Crippen molar-refractivity contribution < 1.29 is 14.5 Å². The Morgan fingerprint density at radius 1 is 0.921 bits per heavy atom. The molecule has 1 N–H and O–H groups in total. The molecule has 7 nitrogen and oxygen atoms in total. The van der Waals surface area contributed by atoms with Gasteiger partial charge in [-0.2, -0.15) is 0 Å². The standard InChI is InChI=1S/C30H35N3O4S/c1-22-10-12-24(13-11-22)19-32(28(34)21-38-20-25-14-16-26(17-15-25)33(36)37)27(29(35)31-30(2,3)4)18-23-8-6-5-7-9-23/h5-17,27H,18-21H2,1-4H3,(H,31,35)/t27-/m0/s1. The first kappa shape index (κ1) is 28.9. The third-order valence-corrected chi connectivity index (χ3v) is 6.87. The van der Waals surface area contributed by atoms with Crippen LogP contribution in [0.25, 0.3) is 0 Å². The van der Waals surface area contributed by atoms with Gasteiger partial charge in [0.25, 0.3) is 5.69 Å². The van der Waals surface area contributed by atoms with Crippen LogP contribution < -0.4 is 5.32 Å². The highest BCUT2D eigenvalue weighted by molar-refractivity contribution is 7.99. The Hall–Kier alpha value is -3.65. The summed E-state index contributed by atoms with van der Waals surface area (Å²) in [6, 6.07) is 23.4. The van der Waals surface area contributed by atoms with E-state index in [9.17, 15) is 19.7 Å². The number of nitro groups is 1. The summed E-state index contributed by atoms with van der Waals surface area (Å²) < 4.78 is 0. The van der Waals surface area contributed by atoms with Crippen molar-refractivity contribution in [3.8, 4) is 0 Å². The van der Waals surface area contributed by atoms with Crippen LogP contribution in [0.5, 0.6) is 0 Å². The number of rotatable bonds is 11. The van der Waals surface area contributed by atoms with Crippen LogP contribution in [0.2, 0.25) is 0 Å². The minimum Gasteiger partial charge on any atom is -0.350 e. The Labute approximate surface area is 228 Å². The Morgan fingerprint density at radius 2 is 1.53 bits per heavy atom. The van der Waals surface area contributed by atoms with Gasteiger partial charge >= 0.3 is 0 Å². The summed E-state index contributed by atoms with van der Waals surface area (Å²) in [6.45, 7) is 8.10. The van der Waals surface area contributed by atoms with Crippen LogP contribution in [0.3, 0.4) is 0 Å².